The van der Waals surface area contributed by atoms with E-state index in [1.165, 1.54) is 16.5 Å². The van der Waals surface area contributed by atoms with E-state index in [4.69, 9.17) is 9.97 Å². The molecule has 9 nitrogen and oxygen atoms in total. The smallest absolute Gasteiger partial charge is 0.294 e. The zero-order chi connectivity index (χ0) is 31.3. The summed E-state index contributed by atoms with van der Waals surface area (Å²) in [6.07, 6.45) is 8.08. The second kappa shape index (κ2) is 14.0. The molecule has 0 aliphatic carbocycles. The minimum atomic E-state index is -0.307. The van der Waals surface area contributed by atoms with E-state index >= 15 is 0 Å². The Balaban J connectivity index is 0.00000207. The maximum Gasteiger partial charge on any atom is 0.294 e. The highest BCUT2D eigenvalue weighted by Gasteiger charge is 2.24. The SMILES string of the molecule is CC.CCc1cc(N(C)CCN(C)C)c([N+](=O)[O-])cc1Nc1ncc(C(C)CC)c(-c2cn3c4c(cccc24)CCC3)n1. The lowest BCUT2D eigenvalue weighted by molar-refractivity contribution is -0.384. The fraction of sp³-hybridized carbons (Fsp3) is 0.471. The van der Waals surface area contributed by atoms with Crippen molar-refractivity contribution in [2.24, 2.45) is 0 Å². The number of aryl methyl sites for hydroxylation is 3. The predicted molar refractivity (Wildman–Crippen MR) is 179 cm³/mol. The van der Waals surface area contributed by atoms with Crippen molar-refractivity contribution >= 4 is 33.9 Å². The molecule has 1 aliphatic heterocycles. The summed E-state index contributed by atoms with van der Waals surface area (Å²) < 4.78 is 2.36. The van der Waals surface area contributed by atoms with Crippen LogP contribution in [0, 0.1) is 10.1 Å². The first-order valence-electron chi connectivity index (χ1n) is 15.6. The average molecular weight is 586 g/mol. The molecule has 43 heavy (non-hydrogen) atoms. The molecule has 1 aliphatic rings. The van der Waals surface area contributed by atoms with Crippen molar-refractivity contribution in [1.29, 1.82) is 0 Å². The molecule has 1 atom stereocenters. The molecule has 0 amide bonds. The molecule has 0 spiro atoms. The summed E-state index contributed by atoms with van der Waals surface area (Å²) in [5, 5.41) is 16.7. The molecule has 9 heteroatoms. The van der Waals surface area contributed by atoms with E-state index in [-0.39, 0.29) is 16.5 Å². The van der Waals surface area contributed by atoms with Crippen LogP contribution in [0.15, 0.2) is 42.7 Å². The Bertz CT molecular complexity index is 1580. The Kier molecular flexibility index (Phi) is 10.4. The Morgan fingerprint density at radius 2 is 1.91 bits per heavy atom. The van der Waals surface area contributed by atoms with E-state index in [1.807, 2.05) is 52.2 Å². The Labute approximate surface area is 256 Å². The number of para-hydroxylation sites is 1. The lowest BCUT2D eigenvalue weighted by atomic mass is 9.94. The number of likely N-dealkylation sites (N-methyl/N-ethyl adjacent to an activating group) is 2. The van der Waals surface area contributed by atoms with Crippen LogP contribution in [0.1, 0.15) is 70.1 Å². The van der Waals surface area contributed by atoms with E-state index in [0.717, 1.165) is 54.7 Å². The van der Waals surface area contributed by atoms with Crippen molar-refractivity contribution < 1.29 is 4.92 Å². The monoisotopic (exact) mass is 585 g/mol. The summed E-state index contributed by atoms with van der Waals surface area (Å²) in [6.45, 7) is 12.9. The molecule has 230 valence electrons. The van der Waals surface area contributed by atoms with E-state index < -0.39 is 0 Å². The van der Waals surface area contributed by atoms with Gasteiger partial charge in [-0.3, -0.25) is 10.1 Å². The fourth-order valence-electron chi connectivity index (χ4n) is 5.76. The van der Waals surface area contributed by atoms with Gasteiger partial charge in [0.25, 0.3) is 5.69 Å². The first-order valence-corrected chi connectivity index (χ1v) is 15.6. The number of rotatable bonds is 11. The topological polar surface area (TPSA) is 92.4 Å². The second-order valence-corrected chi connectivity index (χ2v) is 11.4. The van der Waals surface area contributed by atoms with Gasteiger partial charge in [-0.2, -0.15) is 0 Å². The zero-order valence-electron chi connectivity index (χ0n) is 27.1. The van der Waals surface area contributed by atoms with Crippen molar-refractivity contribution in [3.63, 3.8) is 0 Å². The van der Waals surface area contributed by atoms with Gasteiger partial charge in [0.1, 0.15) is 5.69 Å². The minimum absolute atomic E-state index is 0.0661. The highest BCUT2D eigenvalue weighted by molar-refractivity contribution is 5.98. The lowest BCUT2D eigenvalue weighted by Crippen LogP contribution is -2.29. The van der Waals surface area contributed by atoms with Crippen LogP contribution in [0.3, 0.4) is 0 Å². The van der Waals surface area contributed by atoms with Gasteiger partial charge in [-0.1, -0.05) is 52.8 Å². The summed E-state index contributed by atoms with van der Waals surface area (Å²) >= 11 is 0. The number of anilines is 3. The summed E-state index contributed by atoms with van der Waals surface area (Å²) in [4.78, 5) is 25.7. The van der Waals surface area contributed by atoms with Crippen molar-refractivity contribution in [2.45, 2.75) is 72.8 Å². The highest BCUT2D eigenvalue weighted by atomic mass is 16.6. The van der Waals surface area contributed by atoms with Gasteiger partial charge < -0.3 is 19.7 Å². The number of aromatic nitrogens is 3. The highest BCUT2D eigenvalue weighted by Crippen LogP contribution is 2.39. The largest absolute Gasteiger partial charge is 0.368 e. The lowest BCUT2D eigenvalue weighted by Gasteiger charge is -2.23. The zero-order valence-corrected chi connectivity index (χ0v) is 27.1. The minimum Gasteiger partial charge on any atom is -0.368 e. The Hall–Kier alpha value is -3.98. The second-order valence-electron chi connectivity index (χ2n) is 11.4. The Morgan fingerprint density at radius 1 is 1.14 bits per heavy atom. The molecular weight excluding hydrogens is 538 g/mol. The fourth-order valence-corrected chi connectivity index (χ4v) is 5.76. The number of nitrogens with one attached hydrogen (secondary N) is 1. The quantitative estimate of drug-likeness (QED) is 0.142. The first kappa shape index (κ1) is 31.9. The van der Waals surface area contributed by atoms with E-state index in [2.05, 4.69) is 60.0 Å². The number of nitro groups is 1. The first-order chi connectivity index (χ1) is 20.7. The van der Waals surface area contributed by atoms with Crippen LogP contribution < -0.4 is 10.2 Å². The molecule has 0 fully saturated rings. The van der Waals surface area contributed by atoms with Crippen LogP contribution in [-0.2, 0) is 19.4 Å². The normalized spacial score (nSPS) is 13.0. The molecule has 2 aromatic carbocycles. The van der Waals surface area contributed by atoms with Crippen LogP contribution >= 0.6 is 0 Å². The summed E-state index contributed by atoms with van der Waals surface area (Å²) in [6, 6.07) is 10.1. The third-order valence-corrected chi connectivity index (χ3v) is 8.36. The molecule has 0 bridgehead atoms. The number of nitro benzene ring substituents is 1. The van der Waals surface area contributed by atoms with Gasteiger partial charge in [0.15, 0.2) is 0 Å². The van der Waals surface area contributed by atoms with Crippen LogP contribution in [0.25, 0.3) is 22.2 Å². The summed E-state index contributed by atoms with van der Waals surface area (Å²) in [7, 11) is 5.90. The maximum atomic E-state index is 12.2. The van der Waals surface area contributed by atoms with Crippen LogP contribution in [0.2, 0.25) is 0 Å². The molecule has 4 aromatic rings. The van der Waals surface area contributed by atoms with Crippen molar-refractivity contribution in [1.82, 2.24) is 19.4 Å². The van der Waals surface area contributed by atoms with Crippen molar-refractivity contribution in [2.75, 3.05) is 44.4 Å². The van der Waals surface area contributed by atoms with Gasteiger partial charge in [-0.15, -0.1) is 0 Å². The van der Waals surface area contributed by atoms with Gasteiger partial charge in [-0.25, -0.2) is 9.97 Å². The summed E-state index contributed by atoms with van der Waals surface area (Å²) in [5.74, 6) is 0.728. The van der Waals surface area contributed by atoms with Crippen molar-refractivity contribution in [3.05, 3.63) is 69.5 Å². The molecule has 3 heterocycles. The van der Waals surface area contributed by atoms with E-state index in [9.17, 15) is 10.1 Å². The van der Waals surface area contributed by atoms with Gasteiger partial charge in [0.2, 0.25) is 5.95 Å². The number of nitrogens with zero attached hydrogens (tertiary/aromatic N) is 6. The third kappa shape index (κ3) is 6.67. The molecule has 2 aromatic heterocycles. The number of hydrogen-bond acceptors (Lipinski definition) is 7. The molecular formula is C34H47N7O2. The molecule has 0 saturated heterocycles. The molecule has 1 unspecified atom stereocenters. The average Bonchev–Trinajstić information content (AvgIpc) is 3.40. The Morgan fingerprint density at radius 3 is 2.58 bits per heavy atom. The predicted octanol–water partition coefficient (Wildman–Crippen LogP) is 7.80. The molecule has 5 rings (SSSR count). The molecule has 0 saturated carbocycles. The molecule has 1 N–H and O–H groups in total. The van der Waals surface area contributed by atoms with Crippen LogP contribution in [0.4, 0.5) is 23.0 Å². The van der Waals surface area contributed by atoms with Gasteiger partial charge in [0.05, 0.1) is 21.8 Å². The summed E-state index contributed by atoms with van der Waals surface area (Å²) in [5.41, 5.74) is 8.15. The van der Waals surface area contributed by atoms with Gasteiger partial charge in [0, 0.05) is 56.1 Å². The van der Waals surface area contributed by atoms with Gasteiger partial charge in [-0.05, 0) is 68.5 Å². The van der Waals surface area contributed by atoms with Crippen LogP contribution in [-0.4, -0.2) is 58.6 Å². The van der Waals surface area contributed by atoms with Crippen molar-refractivity contribution in [3.8, 4) is 11.3 Å². The van der Waals surface area contributed by atoms with Gasteiger partial charge >= 0.3 is 0 Å². The van der Waals surface area contributed by atoms with Crippen LogP contribution in [0.5, 0.6) is 0 Å². The van der Waals surface area contributed by atoms with E-state index in [0.29, 0.717) is 30.3 Å². The maximum absolute atomic E-state index is 12.2. The van der Waals surface area contributed by atoms with E-state index in [1.54, 1.807) is 6.07 Å². The third-order valence-electron chi connectivity index (χ3n) is 8.36. The standard InChI is InChI=1S/C32H41N7O2.C2H6/c1-7-21(3)25-19-33-32(35-30(25)26-20-38-14-10-12-23-11-9-13-24(26)31(23)38)34-27-18-29(39(40)41)28(17-22(27)8-2)37(6)16-15-36(4)5;1-2/h9,11,13,17-21H,7-8,10,12,14-16H2,1-6H3,(H,33,34,35);1-2H3. The number of benzene rings is 2. The molecule has 0 radical (unpaired) electrons. The number of hydrogen-bond donors (Lipinski definition) is 1.